The Balaban J connectivity index is 2.15. The van der Waals surface area contributed by atoms with Crippen LogP contribution in [0.5, 0.6) is 0 Å². The fraction of sp³-hybridized carbons (Fsp3) is 0.467. The molecular weight excluding hydrogens is 336 g/mol. The molecule has 1 aromatic rings. The first-order chi connectivity index (χ1) is 11.1. The summed E-state index contributed by atoms with van der Waals surface area (Å²) < 4.78 is 31.4. The van der Waals surface area contributed by atoms with Gasteiger partial charge < -0.3 is 15.2 Å². The van der Waals surface area contributed by atoms with E-state index in [1.54, 1.807) is 0 Å². The average molecular weight is 356 g/mol. The molecule has 0 bridgehead atoms. The largest absolute Gasteiger partial charge is 0.480 e. The summed E-state index contributed by atoms with van der Waals surface area (Å²) in [5, 5.41) is 11.4. The Kier molecular flexibility index (Phi) is 5.26. The summed E-state index contributed by atoms with van der Waals surface area (Å²) >= 11 is 0. The Morgan fingerprint density at radius 3 is 2.21 bits per heavy atom. The van der Waals surface area contributed by atoms with Gasteiger partial charge in [-0.2, -0.15) is 4.31 Å². The Morgan fingerprint density at radius 2 is 1.71 bits per heavy atom. The fourth-order valence-electron chi connectivity index (χ4n) is 2.12. The van der Waals surface area contributed by atoms with E-state index in [1.165, 1.54) is 42.4 Å². The lowest BCUT2D eigenvalue weighted by molar-refractivity contribution is -0.143. The first kappa shape index (κ1) is 18.4. The summed E-state index contributed by atoms with van der Waals surface area (Å²) in [6.07, 6.45) is 0. The number of carbonyl (C=O) groups excluding carboxylic acids is 1. The summed E-state index contributed by atoms with van der Waals surface area (Å²) in [6.45, 7) is 4.01. The second-order valence-electron chi connectivity index (χ2n) is 5.93. The number of benzene rings is 1. The number of aliphatic carboxylic acids is 1. The van der Waals surface area contributed by atoms with Crippen molar-refractivity contribution in [3.05, 3.63) is 29.8 Å². The fourth-order valence-corrected chi connectivity index (χ4v) is 3.53. The van der Waals surface area contributed by atoms with E-state index in [0.717, 1.165) is 0 Å². The predicted molar refractivity (Wildman–Crippen MR) is 85.2 cm³/mol. The molecule has 0 spiro atoms. The van der Waals surface area contributed by atoms with E-state index in [2.05, 4.69) is 5.32 Å². The molecule has 132 valence electrons. The first-order valence-electron chi connectivity index (χ1n) is 7.38. The number of carboxylic acids is 1. The van der Waals surface area contributed by atoms with Crippen molar-refractivity contribution in [2.75, 3.05) is 26.3 Å². The first-order valence-corrected chi connectivity index (χ1v) is 8.82. The Labute approximate surface area is 140 Å². The van der Waals surface area contributed by atoms with Crippen LogP contribution in [0.4, 0.5) is 0 Å². The molecule has 0 aliphatic carbocycles. The second kappa shape index (κ2) is 6.88. The molecule has 0 radical (unpaired) electrons. The van der Waals surface area contributed by atoms with Gasteiger partial charge in [0, 0.05) is 18.7 Å². The molecular formula is C15H20N2O6S. The number of carbonyl (C=O) groups is 2. The molecule has 0 atom stereocenters. The van der Waals surface area contributed by atoms with Gasteiger partial charge >= 0.3 is 5.97 Å². The quantitative estimate of drug-likeness (QED) is 0.785. The zero-order chi connectivity index (χ0) is 18.0. The van der Waals surface area contributed by atoms with Gasteiger partial charge in [0.1, 0.15) is 5.54 Å². The van der Waals surface area contributed by atoms with Crippen LogP contribution in [0.3, 0.4) is 0 Å². The summed E-state index contributed by atoms with van der Waals surface area (Å²) in [4.78, 5) is 23.2. The van der Waals surface area contributed by atoms with E-state index in [0.29, 0.717) is 13.2 Å². The topological polar surface area (TPSA) is 113 Å². The van der Waals surface area contributed by atoms with E-state index < -0.39 is 27.4 Å². The minimum Gasteiger partial charge on any atom is -0.480 e. The van der Waals surface area contributed by atoms with Crippen LogP contribution in [0, 0.1) is 0 Å². The van der Waals surface area contributed by atoms with Crippen LogP contribution in [0.1, 0.15) is 24.2 Å². The van der Waals surface area contributed by atoms with Crippen molar-refractivity contribution < 1.29 is 27.9 Å². The Morgan fingerprint density at radius 1 is 1.17 bits per heavy atom. The van der Waals surface area contributed by atoms with Crippen LogP contribution in [-0.4, -0.2) is 61.5 Å². The molecule has 1 aliphatic heterocycles. The smallest absolute Gasteiger partial charge is 0.328 e. The van der Waals surface area contributed by atoms with Gasteiger partial charge in [-0.15, -0.1) is 0 Å². The van der Waals surface area contributed by atoms with Crippen LogP contribution >= 0.6 is 0 Å². The zero-order valence-electron chi connectivity index (χ0n) is 13.5. The molecule has 24 heavy (non-hydrogen) atoms. The van der Waals surface area contributed by atoms with Crippen molar-refractivity contribution in [2.24, 2.45) is 0 Å². The molecule has 2 N–H and O–H groups in total. The molecule has 1 saturated heterocycles. The Bertz CT molecular complexity index is 721. The zero-order valence-corrected chi connectivity index (χ0v) is 14.3. The number of hydrogen-bond acceptors (Lipinski definition) is 5. The van der Waals surface area contributed by atoms with Crippen molar-refractivity contribution in [3.63, 3.8) is 0 Å². The van der Waals surface area contributed by atoms with Gasteiger partial charge in [0.15, 0.2) is 0 Å². The molecule has 0 unspecified atom stereocenters. The third kappa shape index (κ3) is 3.92. The van der Waals surface area contributed by atoms with Crippen LogP contribution in [0.15, 0.2) is 29.2 Å². The number of morpholine rings is 1. The summed E-state index contributed by atoms with van der Waals surface area (Å²) in [5.74, 6) is -1.75. The van der Waals surface area contributed by atoms with Gasteiger partial charge in [-0.3, -0.25) is 4.79 Å². The van der Waals surface area contributed by atoms with Crippen LogP contribution in [0.25, 0.3) is 0 Å². The minimum atomic E-state index is -3.63. The molecule has 9 heteroatoms. The maximum atomic E-state index is 12.5. The van der Waals surface area contributed by atoms with Crippen molar-refractivity contribution in [2.45, 2.75) is 24.3 Å². The van der Waals surface area contributed by atoms with Crippen LogP contribution in [0.2, 0.25) is 0 Å². The standard InChI is InChI=1S/C15H20N2O6S/c1-15(2,14(19)20)16-13(18)11-3-5-12(6-4-11)24(21,22)17-7-9-23-10-8-17/h3-6H,7-10H2,1-2H3,(H,16,18)(H,19,20). The van der Waals surface area contributed by atoms with Gasteiger partial charge in [-0.05, 0) is 38.1 Å². The molecule has 1 aliphatic rings. The molecule has 2 rings (SSSR count). The minimum absolute atomic E-state index is 0.0819. The highest BCUT2D eigenvalue weighted by molar-refractivity contribution is 7.89. The predicted octanol–water partition coefficient (Wildman–Crippen LogP) is 0.301. The van der Waals surface area contributed by atoms with Gasteiger partial charge in [0.25, 0.3) is 5.91 Å². The summed E-state index contributed by atoms with van der Waals surface area (Å²) in [6, 6.07) is 5.40. The van der Waals surface area contributed by atoms with E-state index in [-0.39, 0.29) is 23.5 Å². The van der Waals surface area contributed by atoms with Crippen molar-refractivity contribution in [3.8, 4) is 0 Å². The molecule has 1 heterocycles. The number of ether oxygens (including phenoxy) is 1. The highest BCUT2D eigenvalue weighted by atomic mass is 32.2. The molecule has 1 aromatic carbocycles. The van der Waals surface area contributed by atoms with Gasteiger partial charge in [-0.25, -0.2) is 13.2 Å². The number of sulfonamides is 1. The Hall–Kier alpha value is -1.97. The van der Waals surface area contributed by atoms with Crippen molar-refractivity contribution in [1.82, 2.24) is 9.62 Å². The monoisotopic (exact) mass is 356 g/mol. The lowest BCUT2D eigenvalue weighted by Crippen LogP contribution is -2.49. The maximum Gasteiger partial charge on any atom is 0.328 e. The number of hydrogen-bond donors (Lipinski definition) is 2. The van der Waals surface area contributed by atoms with Gasteiger partial charge in [-0.1, -0.05) is 0 Å². The van der Waals surface area contributed by atoms with Gasteiger partial charge in [0.05, 0.1) is 18.1 Å². The van der Waals surface area contributed by atoms with E-state index in [4.69, 9.17) is 9.84 Å². The summed E-state index contributed by atoms with van der Waals surface area (Å²) in [7, 11) is -3.63. The summed E-state index contributed by atoms with van der Waals surface area (Å²) in [5.41, 5.74) is -1.24. The maximum absolute atomic E-state index is 12.5. The number of nitrogens with zero attached hydrogens (tertiary/aromatic N) is 1. The van der Waals surface area contributed by atoms with E-state index in [1.807, 2.05) is 0 Å². The molecule has 8 nitrogen and oxygen atoms in total. The van der Waals surface area contributed by atoms with Crippen LogP contribution < -0.4 is 5.32 Å². The highest BCUT2D eigenvalue weighted by Gasteiger charge is 2.30. The van der Waals surface area contributed by atoms with E-state index >= 15 is 0 Å². The number of nitrogens with one attached hydrogen (secondary N) is 1. The third-order valence-electron chi connectivity index (χ3n) is 3.69. The number of carboxylic acid groups (broad SMARTS) is 1. The van der Waals surface area contributed by atoms with Gasteiger partial charge in [0.2, 0.25) is 10.0 Å². The number of rotatable bonds is 5. The van der Waals surface area contributed by atoms with E-state index in [9.17, 15) is 18.0 Å². The molecule has 1 fully saturated rings. The average Bonchev–Trinajstić information content (AvgIpc) is 2.55. The lowest BCUT2D eigenvalue weighted by Gasteiger charge is -2.26. The third-order valence-corrected chi connectivity index (χ3v) is 5.60. The SMILES string of the molecule is CC(C)(NC(=O)c1ccc(S(=O)(=O)N2CCOCC2)cc1)C(=O)O. The van der Waals surface area contributed by atoms with Crippen molar-refractivity contribution in [1.29, 1.82) is 0 Å². The number of amides is 1. The molecule has 1 amide bonds. The van der Waals surface area contributed by atoms with Crippen LogP contribution in [-0.2, 0) is 19.6 Å². The lowest BCUT2D eigenvalue weighted by atomic mass is 10.1. The highest BCUT2D eigenvalue weighted by Crippen LogP contribution is 2.18. The van der Waals surface area contributed by atoms with Crippen molar-refractivity contribution >= 4 is 21.9 Å². The molecule has 0 aromatic heterocycles. The normalized spacial score (nSPS) is 16.6. The molecule has 0 saturated carbocycles. The second-order valence-corrected chi connectivity index (χ2v) is 7.86.